The van der Waals surface area contributed by atoms with Gasteiger partial charge in [0.05, 0.1) is 0 Å². The summed E-state index contributed by atoms with van der Waals surface area (Å²) in [4.78, 5) is 2.70. The third kappa shape index (κ3) is 3.53. The number of fused-ring (bicyclic) bond motifs is 3. The van der Waals surface area contributed by atoms with Gasteiger partial charge in [0.15, 0.2) is 0 Å². The van der Waals surface area contributed by atoms with Gasteiger partial charge in [0, 0.05) is 29.7 Å². The van der Waals surface area contributed by atoms with E-state index in [1.165, 1.54) is 68.2 Å². The molecular formula is C24H29ClN2. The van der Waals surface area contributed by atoms with Crippen LogP contribution < -0.4 is 0 Å². The Kier molecular flexibility index (Phi) is 5.56. The highest BCUT2D eigenvalue weighted by Gasteiger charge is 2.29. The van der Waals surface area contributed by atoms with Gasteiger partial charge < -0.3 is 9.47 Å². The Bertz CT molecular complexity index is 893. The highest BCUT2D eigenvalue weighted by Crippen LogP contribution is 2.40. The molecule has 5 rings (SSSR count). The number of hydrogen-bond donors (Lipinski definition) is 0. The van der Waals surface area contributed by atoms with Crippen LogP contribution in [0.1, 0.15) is 48.4 Å². The molecule has 2 nitrogen and oxygen atoms in total. The van der Waals surface area contributed by atoms with E-state index in [1.807, 2.05) is 0 Å². The standard InChI is InChI=1S/C24H28N2.ClH/c1-2-9-19(10-3-1)17-26-22-13-5-4-12-21(22)24-20(11-8-14-23(24)26)18-25-15-6-7-16-25;/h1-5,9-10,12-13,20H,6-8,11,14-18H2;1H. The fraction of sp³-hybridized carbons (Fsp3) is 0.417. The van der Waals surface area contributed by atoms with E-state index in [2.05, 4.69) is 64.1 Å². The number of hydrogen-bond acceptors (Lipinski definition) is 1. The summed E-state index contributed by atoms with van der Waals surface area (Å²) in [6.07, 6.45) is 6.68. The lowest BCUT2D eigenvalue weighted by Gasteiger charge is -2.28. The molecule has 1 aliphatic heterocycles. The summed E-state index contributed by atoms with van der Waals surface area (Å²) in [5.41, 5.74) is 6.09. The molecule has 2 aliphatic rings. The molecular weight excluding hydrogens is 352 g/mol. The van der Waals surface area contributed by atoms with E-state index in [9.17, 15) is 0 Å². The zero-order valence-corrected chi connectivity index (χ0v) is 16.8. The van der Waals surface area contributed by atoms with Crippen LogP contribution in [0, 0.1) is 0 Å². The largest absolute Gasteiger partial charge is 0.340 e. The number of halogens is 1. The summed E-state index contributed by atoms with van der Waals surface area (Å²) in [5.74, 6) is 0.707. The van der Waals surface area contributed by atoms with Crippen molar-refractivity contribution >= 4 is 23.3 Å². The van der Waals surface area contributed by atoms with E-state index in [0.717, 1.165) is 6.54 Å². The predicted molar refractivity (Wildman–Crippen MR) is 116 cm³/mol. The number of nitrogens with zero attached hydrogens (tertiary/aromatic N) is 2. The predicted octanol–water partition coefficient (Wildman–Crippen LogP) is 5.63. The highest BCUT2D eigenvalue weighted by molar-refractivity contribution is 5.86. The number of rotatable bonds is 4. The molecule has 27 heavy (non-hydrogen) atoms. The normalized spacial score (nSPS) is 19.8. The van der Waals surface area contributed by atoms with Gasteiger partial charge in [-0.2, -0.15) is 0 Å². The van der Waals surface area contributed by atoms with Gasteiger partial charge in [0.25, 0.3) is 0 Å². The van der Waals surface area contributed by atoms with Gasteiger partial charge in [-0.15, -0.1) is 12.4 Å². The maximum absolute atomic E-state index is 2.70. The van der Waals surface area contributed by atoms with Crippen molar-refractivity contribution in [2.24, 2.45) is 0 Å². The molecule has 3 heteroatoms. The Morgan fingerprint density at radius 1 is 0.852 bits per heavy atom. The van der Waals surface area contributed by atoms with Crippen LogP contribution in [0.4, 0.5) is 0 Å². The van der Waals surface area contributed by atoms with E-state index in [1.54, 1.807) is 11.3 Å². The van der Waals surface area contributed by atoms with Crippen molar-refractivity contribution in [2.45, 2.75) is 44.6 Å². The van der Waals surface area contributed by atoms with Crippen molar-refractivity contribution in [2.75, 3.05) is 19.6 Å². The minimum Gasteiger partial charge on any atom is -0.340 e. The molecule has 0 saturated carbocycles. The first-order valence-corrected chi connectivity index (χ1v) is 10.3. The Labute approximate surface area is 168 Å². The van der Waals surface area contributed by atoms with E-state index in [-0.39, 0.29) is 12.4 Å². The summed E-state index contributed by atoms with van der Waals surface area (Å²) < 4.78 is 2.61. The monoisotopic (exact) mass is 380 g/mol. The third-order valence-corrected chi connectivity index (χ3v) is 6.36. The quantitative estimate of drug-likeness (QED) is 0.569. The maximum Gasteiger partial charge on any atom is 0.0488 e. The number of likely N-dealkylation sites (tertiary alicyclic amines) is 1. The molecule has 1 fully saturated rings. The molecule has 0 radical (unpaired) electrons. The molecule has 142 valence electrons. The lowest BCUT2D eigenvalue weighted by molar-refractivity contribution is 0.300. The van der Waals surface area contributed by atoms with Crippen LogP contribution in [0.15, 0.2) is 54.6 Å². The van der Waals surface area contributed by atoms with Gasteiger partial charge in [-0.05, 0) is 68.3 Å². The lowest BCUT2D eigenvalue weighted by atomic mass is 9.84. The van der Waals surface area contributed by atoms with Gasteiger partial charge in [-0.3, -0.25) is 0 Å². The minimum atomic E-state index is 0. The van der Waals surface area contributed by atoms with Crippen molar-refractivity contribution in [1.29, 1.82) is 0 Å². The summed E-state index contributed by atoms with van der Waals surface area (Å²) >= 11 is 0. The Morgan fingerprint density at radius 3 is 2.41 bits per heavy atom. The minimum absolute atomic E-state index is 0. The van der Waals surface area contributed by atoms with E-state index >= 15 is 0 Å². The van der Waals surface area contributed by atoms with Crippen molar-refractivity contribution in [3.05, 3.63) is 71.4 Å². The van der Waals surface area contributed by atoms with Crippen LogP contribution in [-0.2, 0) is 13.0 Å². The topological polar surface area (TPSA) is 8.17 Å². The Balaban J connectivity index is 0.00000180. The zero-order chi connectivity index (χ0) is 17.3. The first-order valence-electron chi connectivity index (χ1n) is 10.3. The summed E-state index contributed by atoms with van der Waals surface area (Å²) in [5, 5.41) is 1.50. The smallest absolute Gasteiger partial charge is 0.0488 e. The number of benzene rings is 2. The van der Waals surface area contributed by atoms with E-state index in [4.69, 9.17) is 0 Å². The average Bonchev–Trinajstić information content (AvgIpc) is 3.30. The molecule has 0 bridgehead atoms. The molecule has 0 amide bonds. The fourth-order valence-corrected chi connectivity index (χ4v) is 5.17. The molecule has 1 aliphatic carbocycles. The van der Waals surface area contributed by atoms with Crippen LogP contribution in [0.5, 0.6) is 0 Å². The molecule has 2 aromatic carbocycles. The molecule has 1 saturated heterocycles. The van der Waals surface area contributed by atoms with Crippen LogP contribution in [-0.4, -0.2) is 29.1 Å². The van der Waals surface area contributed by atoms with Crippen molar-refractivity contribution in [3.8, 4) is 0 Å². The maximum atomic E-state index is 2.70. The van der Waals surface area contributed by atoms with E-state index in [0.29, 0.717) is 5.92 Å². The van der Waals surface area contributed by atoms with Gasteiger partial charge in [0.1, 0.15) is 0 Å². The summed E-state index contributed by atoms with van der Waals surface area (Å²) in [6, 6.07) is 20.0. The van der Waals surface area contributed by atoms with Crippen molar-refractivity contribution in [3.63, 3.8) is 0 Å². The molecule has 0 N–H and O–H groups in total. The van der Waals surface area contributed by atoms with Gasteiger partial charge >= 0.3 is 0 Å². The second kappa shape index (κ2) is 8.08. The first kappa shape index (κ1) is 18.6. The fourth-order valence-electron chi connectivity index (χ4n) is 5.17. The summed E-state index contributed by atoms with van der Waals surface area (Å²) in [6.45, 7) is 4.85. The third-order valence-electron chi connectivity index (χ3n) is 6.36. The number of para-hydroxylation sites is 1. The van der Waals surface area contributed by atoms with Crippen LogP contribution in [0.2, 0.25) is 0 Å². The molecule has 1 unspecified atom stereocenters. The van der Waals surface area contributed by atoms with Gasteiger partial charge in [-0.25, -0.2) is 0 Å². The molecule has 2 heterocycles. The Morgan fingerprint density at radius 2 is 1.59 bits per heavy atom. The van der Waals surface area contributed by atoms with E-state index < -0.39 is 0 Å². The average molecular weight is 381 g/mol. The van der Waals surface area contributed by atoms with Crippen molar-refractivity contribution < 1.29 is 0 Å². The molecule has 0 spiro atoms. The highest BCUT2D eigenvalue weighted by atomic mass is 35.5. The lowest BCUT2D eigenvalue weighted by Crippen LogP contribution is -2.27. The van der Waals surface area contributed by atoms with Gasteiger partial charge in [-0.1, -0.05) is 48.5 Å². The first-order chi connectivity index (χ1) is 12.9. The summed E-state index contributed by atoms with van der Waals surface area (Å²) in [7, 11) is 0. The molecule has 1 atom stereocenters. The van der Waals surface area contributed by atoms with Gasteiger partial charge in [0.2, 0.25) is 0 Å². The van der Waals surface area contributed by atoms with Crippen LogP contribution in [0.3, 0.4) is 0 Å². The molecule has 3 aromatic rings. The SMILES string of the molecule is Cl.c1ccc(Cn2c3c(c4ccccc42)C(CN2CCCC2)CCC3)cc1. The molecule has 1 aromatic heterocycles. The van der Waals surface area contributed by atoms with Crippen molar-refractivity contribution in [1.82, 2.24) is 9.47 Å². The second-order valence-corrected chi connectivity index (χ2v) is 8.05. The zero-order valence-electron chi connectivity index (χ0n) is 15.9. The second-order valence-electron chi connectivity index (χ2n) is 8.05. The van der Waals surface area contributed by atoms with Crippen LogP contribution in [0.25, 0.3) is 10.9 Å². The Hall–Kier alpha value is -1.77. The number of aromatic nitrogens is 1. The van der Waals surface area contributed by atoms with Crippen LogP contribution >= 0.6 is 12.4 Å².